The van der Waals surface area contributed by atoms with Crippen molar-refractivity contribution < 1.29 is 17.1 Å². The van der Waals surface area contributed by atoms with Crippen molar-refractivity contribution in [2.45, 2.75) is 12.5 Å². The summed E-state index contributed by atoms with van der Waals surface area (Å²) in [5, 5.41) is 17.6. The van der Waals surface area contributed by atoms with E-state index in [9.17, 15) is 0 Å². The second-order valence-corrected chi connectivity index (χ2v) is 6.60. The third-order valence-corrected chi connectivity index (χ3v) is 4.32. The smallest absolute Gasteiger partial charge is 0.315 e. The molecule has 0 aromatic rings. The van der Waals surface area contributed by atoms with Crippen molar-refractivity contribution in [3.8, 4) is 0 Å². The first kappa shape index (κ1) is 25.4. The van der Waals surface area contributed by atoms with Crippen molar-refractivity contribution in [2.75, 3.05) is 58.9 Å². The molecule has 3 aliphatic rings. The molecule has 0 bridgehead atoms. The van der Waals surface area contributed by atoms with Crippen LogP contribution in [0.1, 0.15) is 6.42 Å². The second kappa shape index (κ2) is 18.4. The minimum atomic E-state index is 0. The molecule has 0 amide bonds. The molecule has 2 aliphatic carbocycles. The number of nitrogens with one attached hydrogen (secondary N) is 5. The molecule has 3 fully saturated rings. The van der Waals surface area contributed by atoms with E-state index in [4.69, 9.17) is 0 Å². The summed E-state index contributed by atoms with van der Waals surface area (Å²) >= 11 is 0. The van der Waals surface area contributed by atoms with Crippen LogP contribution in [0.4, 0.5) is 0 Å². The standard InChI is InChI=1S/C16H30N5.C5H5.Fe/c1-2-5-15(4-1)12-20-14-16-13-19-9-8-17-6-3-7-18-10-11-21-16;1-2-4-5-3-1;/h1-2,4-5,16-21H,3,6-14H2;1-5H;/q;;+2. The van der Waals surface area contributed by atoms with Crippen LogP contribution in [0.2, 0.25) is 0 Å². The van der Waals surface area contributed by atoms with Crippen molar-refractivity contribution >= 4 is 0 Å². The molecule has 2 saturated carbocycles. The van der Waals surface area contributed by atoms with Gasteiger partial charge in [-0.1, -0.05) is 0 Å². The third-order valence-electron chi connectivity index (χ3n) is 4.32. The number of hydrogen-bond donors (Lipinski definition) is 5. The molecule has 3 rings (SSSR count). The summed E-state index contributed by atoms with van der Waals surface area (Å²) in [5.74, 6) is 1.36. The first-order chi connectivity index (χ1) is 12.9. The van der Waals surface area contributed by atoms with Gasteiger partial charge in [-0.3, -0.25) is 0 Å². The van der Waals surface area contributed by atoms with Gasteiger partial charge in [-0.05, 0) is 83.2 Å². The molecule has 10 radical (unpaired) electrons. The topological polar surface area (TPSA) is 60.1 Å². The van der Waals surface area contributed by atoms with Crippen LogP contribution in [0.5, 0.6) is 0 Å². The average Bonchev–Trinajstić information content (AvgIpc) is 3.38. The maximum absolute atomic E-state index is 3.63. The molecule has 5 nitrogen and oxygen atoms in total. The van der Waals surface area contributed by atoms with Crippen LogP contribution in [0.25, 0.3) is 0 Å². The summed E-state index contributed by atoms with van der Waals surface area (Å²) in [4.78, 5) is 0. The van der Waals surface area contributed by atoms with Gasteiger partial charge in [0.25, 0.3) is 0 Å². The van der Waals surface area contributed by atoms with Gasteiger partial charge in [0.05, 0.1) is 0 Å². The molecule has 6 heteroatoms. The quantitative estimate of drug-likeness (QED) is 0.425. The Hall–Kier alpha value is 0.319. The van der Waals surface area contributed by atoms with E-state index in [1.807, 2.05) is 32.1 Å². The molecule has 5 N–H and O–H groups in total. The van der Waals surface area contributed by atoms with E-state index < -0.39 is 0 Å². The van der Waals surface area contributed by atoms with Gasteiger partial charge in [-0.2, -0.15) is 0 Å². The van der Waals surface area contributed by atoms with Crippen LogP contribution in [0.15, 0.2) is 0 Å². The van der Waals surface area contributed by atoms with E-state index in [0.717, 1.165) is 58.9 Å². The van der Waals surface area contributed by atoms with Gasteiger partial charge in [0, 0.05) is 51.9 Å². The monoisotopic (exact) mass is 413 g/mol. The van der Waals surface area contributed by atoms with Crippen molar-refractivity contribution in [1.29, 1.82) is 0 Å². The van der Waals surface area contributed by atoms with Gasteiger partial charge in [-0.25, -0.2) is 0 Å². The van der Waals surface area contributed by atoms with Crippen molar-refractivity contribution in [3.63, 3.8) is 0 Å². The maximum atomic E-state index is 3.63. The Morgan fingerprint density at radius 3 is 2.00 bits per heavy atom. The minimum Gasteiger partial charge on any atom is -0.315 e. The van der Waals surface area contributed by atoms with E-state index in [2.05, 4.69) is 52.3 Å². The average molecular weight is 413 g/mol. The van der Waals surface area contributed by atoms with Gasteiger partial charge >= 0.3 is 17.1 Å². The van der Waals surface area contributed by atoms with E-state index in [-0.39, 0.29) is 17.1 Å². The fraction of sp³-hybridized carbons (Fsp3) is 0.524. The normalized spacial score (nSPS) is 26.0. The van der Waals surface area contributed by atoms with Crippen molar-refractivity contribution in [3.05, 3.63) is 63.7 Å². The molecule has 1 atom stereocenters. The van der Waals surface area contributed by atoms with E-state index in [0.29, 0.717) is 6.04 Å². The van der Waals surface area contributed by atoms with Crippen LogP contribution in [0, 0.1) is 63.7 Å². The summed E-state index contributed by atoms with van der Waals surface area (Å²) in [6.07, 6.45) is 19.7. The predicted molar refractivity (Wildman–Crippen MR) is 110 cm³/mol. The van der Waals surface area contributed by atoms with Gasteiger partial charge in [0.15, 0.2) is 0 Å². The SMILES string of the molecule is [CH]1[CH][CH][CH][CH]1.[CH]1[CH][CH][C](CNCC2CNCCNCCCNCCN2)[CH]1.[Fe+2]. The van der Waals surface area contributed by atoms with Crippen LogP contribution < -0.4 is 26.6 Å². The fourth-order valence-corrected chi connectivity index (χ4v) is 2.87. The van der Waals surface area contributed by atoms with Crippen molar-refractivity contribution in [2.24, 2.45) is 0 Å². The zero-order valence-corrected chi connectivity index (χ0v) is 17.3. The van der Waals surface area contributed by atoms with Crippen molar-refractivity contribution in [1.82, 2.24) is 26.6 Å². The Balaban J connectivity index is 0.000000526. The molecule has 150 valence electrons. The fourth-order valence-electron chi connectivity index (χ4n) is 2.87. The van der Waals surface area contributed by atoms with E-state index >= 15 is 0 Å². The molecule has 0 aromatic heterocycles. The Labute approximate surface area is 178 Å². The molecule has 1 unspecified atom stereocenters. The summed E-state index contributed by atoms with van der Waals surface area (Å²) < 4.78 is 0. The zero-order valence-electron chi connectivity index (χ0n) is 16.2. The maximum Gasteiger partial charge on any atom is 2.00 e. The van der Waals surface area contributed by atoms with Crippen LogP contribution in [-0.4, -0.2) is 64.9 Å². The molecule has 27 heavy (non-hydrogen) atoms. The summed E-state index contributed by atoms with van der Waals surface area (Å²) in [6.45, 7) is 9.31. The Kier molecular flexibility index (Phi) is 17.2. The number of hydrogen-bond acceptors (Lipinski definition) is 5. The zero-order chi connectivity index (χ0) is 18.1. The van der Waals surface area contributed by atoms with Crippen LogP contribution in [-0.2, 0) is 17.1 Å². The van der Waals surface area contributed by atoms with Crippen LogP contribution >= 0.6 is 0 Å². The molecular formula is C21H35FeN5+2. The molecule has 0 aromatic carbocycles. The first-order valence-corrected chi connectivity index (χ1v) is 9.88. The molecule has 1 aliphatic heterocycles. The predicted octanol–water partition coefficient (Wildman–Crippen LogP) is 0.131. The first-order valence-electron chi connectivity index (χ1n) is 9.88. The molecule has 1 saturated heterocycles. The minimum absolute atomic E-state index is 0. The molecular weight excluding hydrogens is 378 g/mol. The number of rotatable bonds is 4. The Morgan fingerprint density at radius 1 is 0.741 bits per heavy atom. The molecule has 1 heterocycles. The van der Waals surface area contributed by atoms with Gasteiger partial charge < -0.3 is 26.6 Å². The van der Waals surface area contributed by atoms with E-state index in [1.54, 1.807) is 0 Å². The van der Waals surface area contributed by atoms with Gasteiger partial charge in [0.2, 0.25) is 0 Å². The van der Waals surface area contributed by atoms with Crippen LogP contribution in [0.3, 0.4) is 0 Å². The van der Waals surface area contributed by atoms with Gasteiger partial charge in [-0.15, -0.1) is 0 Å². The van der Waals surface area contributed by atoms with Gasteiger partial charge in [0.1, 0.15) is 0 Å². The largest absolute Gasteiger partial charge is 2.00 e. The summed E-state index contributed by atoms with van der Waals surface area (Å²) in [6, 6.07) is 0.475. The summed E-state index contributed by atoms with van der Waals surface area (Å²) in [5.41, 5.74) is 0. The third kappa shape index (κ3) is 14.0. The second-order valence-electron chi connectivity index (χ2n) is 6.60. The van der Waals surface area contributed by atoms with E-state index in [1.165, 1.54) is 12.3 Å². The molecule has 0 spiro atoms. The Bertz CT molecular complexity index is 287. The Morgan fingerprint density at radius 2 is 1.33 bits per heavy atom. The summed E-state index contributed by atoms with van der Waals surface area (Å²) in [7, 11) is 0.